The normalized spacial score (nSPS) is 17.8. The average Bonchev–Trinajstić information content (AvgIpc) is 2.85. The number of Topliss-reactive ketones (excluding diaryl/α,β-unsaturated/α-hetero) is 1. The first-order valence-corrected chi connectivity index (χ1v) is 7.53. The second-order valence-corrected chi connectivity index (χ2v) is 5.77. The lowest BCUT2D eigenvalue weighted by molar-refractivity contribution is 0.0987. The van der Waals surface area contributed by atoms with Crippen molar-refractivity contribution in [2.75, 3.05) is 0 Å². The van der Waals surface area contributed by atoms with Crippen LogP contribution in [-0.4, -0.2) is 5.78 Å². The highest BCUT2D eigenvalue weighted by Crippen LogP contribution is 2.37. The zero-order valence-corrected chi connectivity index (χ0v) is 12.8. The minimum absolute atomic E-state index is 0.224. The van der Waals surface area contributed by atoms with Gasteiger partial charge < -0.3 is 0 Å². The second-order valence-electron chi connectivity index (χ2n) is 5.77. The molecule has 0 radical (unpaired) electrons. The summed E-state index contributed by atoms with van der Waals surface area (Å²) in [5, 5.41) is 2.34. The summed E-state index contributed by atoms with van der Waals surface area (Å²) in [5.74, 6) is 0.460. The van der Waals surface area contributed by atoms with E-state index in [9.17, 15) is 4.79 Å². The van der Waals surface area contributed by atoms with Gasteiger partial charge in [0, 0.05) is 17.9 Å². The van der Waals surface area contributed by atoms with Crippen molar-refractivity contribution >= 4 is 16.6 Å². The summed E-state index contributed by atoms with van der Waals surface area (Å²) in [6.07, 6.45) is 4.92. The molecule has 0 amide bonds. The molecule has 0 fully saturated rings. The molecular weight excluding hydrogens is 256 g/mol. The van der Waals surface area contributed by atoms with E-state index in [-0.39, 0.29) is 11.7 Å². The molecule has 1 aliphatic carbocycles. The van der Waals surface area contributed by atoms with Crippen LogP contribution < -0.4 is 0 Å². The van der Waals surface area contributed by atoms with Crippen LogP contribution in [0.25, 0.3) is 10.8 Å². The van der Waals surface area contributed by atoms with Gasteiger partial charge in [-0.2, -0.15) is 0 Å². The molecule has 0 saturated heterocycles. The molecule has 0 saturated carbocycles. The Hall–Kier alpha value is -2.15. The number of allylic oxidation sites excluding steroid dienone is 4. The summed E-state index contributed by atoms with van der Waals surface area (Å²) >= 11 is 0. The average molecular weight is 276 g/mol. The highest BCUT2D eigenvalue weighted by atomic mass is 16.1. The van der Waals surface area contributed by atoms with E-state index in [0.717, 1.165) is 16.5 Å². The van der Waals surface area contributed by atoms with Crippen molar-refractivity contribution in [2.45, 2.75) is 33.1 Å². The van der Waals surface area contributed by atoms with Gasteiger partial charge >= 0.3 is 0 Å². The van der Waals surface area contributed by atoms with E-state index in [0.29, 0.717) is 6.42 Å². The Morgan fingerprint density at radius 2 is 1.76 bits per heavy atom. The van der Waals surface area contributed by atoms with Gasteiger partial charge in [0.15, 0.2) is 5.78 Å². The van der Waals surface area contributed by atoms with E-state index in [2.05, 4.69) is 50.3 Å². The zero-order chi connectivity index (χ0) is 15.0. The van der Waals surface area contributed by atoms with Gasteiger partial charge in [0.05, 0.1) is 0 Å². The number of fused-ring (bicyclic) bond motifs is 1. The first kappa shape index (κ1) is 13.8. The van der Waals surface area contributed by atoms with E-state index in [1.165, 1.54) is 16.5 Å². The fraction of sp³-hybridized carbons (Fsp3) is 0.250. The van der Waals surface area contributed by atoms with Crippen LogP contribution in [0.4, 0.5) is 0 Å². The number of benzene rings is 2. The molecule has 1 unspecified atom stereocenters. The first-order valence-electron chi connectivity index (χ1n) is 7.53. The highest BCUT2D eigenvalue weighted by molar-refractivity contribution is 6.02. The van der Waals surface area contributed by atoms with Crippen LogP contribution in [0.5, 0.6) is 0 Å². The van der Waals surface area contributed by atoms with Crippen LogP contribution in [0.15, 0.2) is 59.7 Å². The molecule has 1 nitrogen and oxygen atoms in total. The van der Waals surface area contributed by atoms with Gasteiger partial charge in [-0.1, -0.05) is 54.5 Å². The summed E-state index contributed by atoms with van der Waals surface area (Å²) in [7, 11) is 0. The topological polar surface area (TPSA) is 17.1 Å². The Labute approximate surface area is 126 Å². The Morgan fingerprint density at radius 1 is 1.10 bits per heavy atom. The summed E-state index contributed by atoms with van der Waals surface area (Å²) in [6.45, 7) is 6.23. The van der Waals surface area contributed by atoms with Crippen LogP contribution in [0.3, 0.4) is 0 Å². The maximum absolute atomic E-state index is 12.4. The number of rotatable bonds is 3. The third-order valence-electron chi connectivity index (χ3n) is 4.50. The van der Waals surface area contributed by atoms with Crippen molar-refractivity contribution in [3.05, 3.63) is 70.8 Å². The van der Waals surface area contributed by atoms with Crippen LogP contribution in [0.2, 0.25) is 0 Å². The standard InChI is InChI=1S/C20H20O/c1-4-20(21)19-12-16-8-6-5-7-15(16)11-18(19)17-10-9-13(2)14(17)3/h5-12,17H,4H2,1-3H3. The van der Waals surface area contributed by atoms with Crippen LogP contribution in [0, 0.1) is 0 Å². The number of carbonyl (C=O) groups excluding carboxylic acids is 1. The van der Waals surface area contributed by atoms with E-state index < -0.39 is 0 Å². The van der Waals surface area contributed by atoms with E-state index in [1.807, 2.05) is 19.1 Å². The fourth-order valence-electron chi connectivity index (χ4n) is 3.05. The molecule has 0 bridgehead atoms. The molecule has 1 aliphatic rings. The second kappa shape index (κ2) is 5.33. The van der Waals surface area contributed by atoms with Gasteiger partial charge in [0.25, 0.3) is 0 Å². The minimum Gasteiger partial charge on any atom is -0.294 e. The smallest absolute Gasteiger partial charge is 0.162 e. The highest BCUT2D eigenvalue weighted by Gasteiger charge is 2.22. The number of carbonyl (C=O) groups is 1. The molecule has 0 spiro atoms. The predicted molar refractivity (Wildman–Crippen MR) is 88.8 cm³/mol. The first-order chi connectivity index (χ1) is 10.1. The van der Waals surface area contributed by atoms with Crippen molar-refractivity contribution in [2.24, 2.45) is 0 Å². The maximum Gasteiger partial charge on any atom is 0.162 e. The largest absolute Gasteiger partial charge is 0.294 e. The van der Waals surface area contributed by atoms with Crippen LogP contribution in [-0.2, 0) is 0 Å². The van der Waals surface area contributed by atoms with Crippen molar-refractivity contribution in [3.8, 4) is 0 Å². The lowest BCUT2D eigenvalue weighted by atomic mass is 9.86. The molecule has 106 valence electrons. The molecule has 2 aromatic rings. The Kier molecular flexibility index (Phi) is 3.50. The van der Waals surface area contributed by atoms with E-state index in [1.54, 1.807) is 0 Å². The van der Waals surface area contributed by atoms with Gasteiger partial charge in [-0.25, -0.2) is 0 Å². The van der Waals surface area contributed by atoms with Gasteiger partial charge in [-0.15, -0.1) is 0 Å². The van der Waals surface area contributed by atoms with Gasteiger partial charge in [-0.3, -0.25) is 4.79 Å². The number of hydrogen-bond acceptors (Lipinski definition) is 1. The summed E-state index contributed by atoms with van der Waals surface area (Å²) in [6, 6.07) is 12.5. The number of hydrogen-bond donors (Lipinski definition) is 0. The Morgan fingerprint density at radius 3 is 2.33 bits per heavy atom. The minimum atomic E-state index is 0.224. The predicted octanol–water partition coefficient (Wildman–Crippen LogP) is 5.42. The number of ketones is 1. The Bertz CT molecular complexity index is 778. The molecule has 0 N–H and O–H groups in total. The summed E-state index contributed by atoms with van der Waals surface area (Å²) < 4.78 is 0. The van der Waals surface area contributed by atoms with E-state index in [4.69, 9.17) is 0 Å². The lowest BCUT2D eigenvalue weighted by Crippen LogP contribution is -2.06. The molecule has 1 atom stereocenters. The molecular formula is C20H20O. The van der Waals surface area contributed by atoms with Crippen LogP contribution >= 0.6 is 0 Å². The van der Waals surface area contributed by atoms with Gasteiger partial charge in [0.2, 0.25) is 0 Å². The third kappa shape index (κ3) is 2.33. The van der Waals surface area contributed by atoms with E-state index >= 15 is 0 Å². The zero-order valence-electron chi connectivity index (χ0n) is 12.8. The van der Waals surface area contributed by atoms with Crippen molar-refractivity contribution in [1.29, 1.82) is 0 Å². The monoisotopic (exact) mass is 276 g/mol. The quantitative estimate of drug-likeness (QED) is 0.684. The fourth-order valence-corrected chi connectivity index (χ4v) is 3.05. The summed E-state index contributed by atoms with van der Waals surface area (Å²) in [5.41, 5.74) is 4.67. The van der Waals surface area contributed by atoms with Crippen LogP contribution in [0.1, 0.15) is 49.0 Å². The van der Waals surface area contributed by atoms with Crippen molar-refractivity contribution in [3.63, 3.8) is 0 Å². The SMILES string of the molecule is CCC(=O)c1cc2ccccc2cc1C1C=CC(C)=C1C. The molecule has 1 heteroatoms. The molecule has 2 aromatic carbocycles. The van der Waals surface area contributed by atoms with Gasteiger partial charge in [-0.05, 0) is 42.3 Å². The van der Waals surface area contributed by atoms with Gasteiger partial charge in [0.1, 0.15) is 0 Å². The van der Waals surface area contributed by atoms with Crippen molar-refractivity contribution in [1.82, 2.24) is 0 Å². The molecule has 21 heavy (non-hydrogen) atoms. The molecule has 0 aliphatic heterocycles. The maximum atomic E-state index is 12.4. The Balaban J connectivity index is 2.24. The van der Waals surface area contributed by atoms with Crippen molar-refractivity contribution < 1.29 is 4.79 Å². The molecule has 3 rings (SSSR count). The molecule has 0 aromatic heterocycles. The lowest BCUT2D eigenvalue weighted by Gasteiger charge is -2.17. The summed E-state index contributed by atoms with van der Waals surface area (Å²) in [4.78, 5) is 12.4. The molecule has 0 heterocycles. The third-order valence-corrected chi connectivity index (χ3v) is 4.50.